The standard InChI is InChI=1S/C29H25FN2O4S/c1-36-26-15-8-21(16-31-26)18-4-11-23(12-5-18)32-27(20-6-13-24(33)14-7-20)28(29(32)35)37-17-25(34)19-2-9-22(30)10-3-19/h2-16,25,27-28,33-34H,17H2,1H3/t25-,27-,28-/m1/s1. The predicted molar refractivity (Wildman–Crippen MR) is 142 cm³/mol. The Hall–Kier alpha value is -3.88. The molecule has 1 amide bonds. The van der Waals surface area contributed by atoms with Gasteiger partial charge in [0.1, 0.15) is 16.8 Å². The summed E-state index contributed by atoms with van der Waals surface area (Å²) in [7, 11) is 1.57. The van der Waals surface area contributed by atoms with Crippen LogP contribution in [0.25, 0.3) is 11.1 Å². The number of aliphatic hydroxyl groups is 1. The Morgan fingerprint density at radius 2 is 1.65 bits per heavy atom. The minimum atomic E-state index is -0.828. The molecule has 0 unspecified atom stereocenters. The van der Waals surface area contributed by atoms with Gasteiger partial charge < -0.3 is 19.8 Å². The van der Waals surface area contributed by atoms with Crippen molar-refractivity contribution in [1.29, 1.82) is 0 Å². The highest BCUT2D eigenvalue weighted by atomic mass is 32.2. The molecular weight excluding hydrogens is 491 g/mol. The number of hydrogen-bond acceptors (Lipinski definition) is 6. The van der Waals surface area contributed by atoms with E-state index in [0.29, 0.717) is 11.4 Å². The van der Waals surface area contributed by atoms with Gasteiger partial charge in [-0.05, 0) is 59.2 Å². The van der Waals surface area contributed by atoms with Gasteiger partial charge in [-0.1, -0.05) is 36.4 Å². The molecule has 3 aromatic carbocycles. The number of hydrogen-bond donors (Lipinski definition) is 2. The lowest BCUT2D eigenvalue weighted by Crippen LogP contribution is -2.57. The van der Waals surface area contributed by atoms with Gasteiger partial charge in [0.2, 0.25) is 11.8 Å². The average Bonchev–Trinajstić information content (AvgIpc) is 2.93. The molecule has 2 heterocycles. The fourth-order valence-corrected chi connectivity index (χ4v) is 5.67. The van der Waals surface area contributed by atoms with E-state index in [-0.39, 0.29) is 29.3 Å². The molecule has 0 spiro atoms. The summed E-state index contributed by atoms with van der Waals surface area (Å²) in [6.07, 6.45) is 0.909. The van der Waals surface area contributed by atoms with Crippen LogP contribution in [0.4, 0.5) is 10.1 Å². The number of benzene rings is 3. The number of phenolic OH excluding ortho intramolecular Hbond substituents is 1. The molecule has 1 saturated heterocycles. The zero-order valence-corrected chi connectivity index (χ0v) is 20.8. The molecule has 1 fully saturated rings. The summed E-state index contributed by atoms with van der Waals surface area (Å²) in [6.45, 7) is 0. The first-order chi connectivity index (χ1) is 17.9. The van der Waals surface area contributed by atoms with Crippen LogP contribution in [0.2, 0.25) is 0 Å². The summed E-state index contributed by atoms with van der Waals surface area (Å²) in [6, 6.07) is 23.7. The lowest BCUT2D eigenvalue weighted by atomic mass is 9.92. The number of carbonyl (C=O) groups excluding carboxylic acids is 1. The Morgan fingerprint density at radius 1 is 0.973 bits per heavy atom. The molecule has 4 aromatic rings. The van der Waals surface area contributed by atoms with Crippen molar-refractivity contribution in [3.8, 4) is 22.8 Å². The van der Waals surface area contributed by atoms with Crippen LogP contribution < -0.4 is 9.64 Å². The third kappa shape index (κ3) is 5.16. The fourth-order valence-electron chi connectivity index (χ4n) is 4.37. The quantitative estimate of drug-likeness (QED) is 0.300. The van der Waals surface area contributed by atoms with Gasteiger partial charge in [-0.25, -0.2) is 9.37 Å². The number of ether oxygens (including phenoxy) is 1. The number of nitrogens with zero attached hydrogens (tertiary/aromatic N) is 2. The first-order valence-corrected chi connectivity index (χ1v) is 12.8. The van der Waals surface area contributed by atoms with E-state index in [4.69, 9.17) is 4.74 Å². The minimum absolute atomic E-state index is 0.0618. The van der Waals surface area contributed by atoms with Gasteiger partial charge in [-0.2, -0.15) is 0 Å². The van der Waals surface area contributed by atoms with Gasteiger partial charge in [0.25, 0.3) is 0 Å². The zero-order valence-electron chi connectivity index (χ0n) is 20.0. The fraction of sp³-hybridized carbons (Fsp3) is 0.172. The molecule has 6 nitrogen and oxygen atoms in total. The third-order valence-electron chi connectivity index (χ3n) is 6.39. The van der Waals surface area contributed by atoms with E-state index in [2.05, 4.69) is 4.98 Å². The van der Waals surface area contributed by atoms with Gasteiger partial charge in [0.05, 0.1) is 19.3 Å². The number of pyridine rings is 1. The molecule has 1 aromatic heterocycles. The number of halogens is 1. The second kappa shape index (κ2) is 10.6. The molecular formula is C29H25FN2O4S. The molecule has 0 aliphatic carbocycles. The predicted octanol–water partition coefficient (Wildman–Crippen LogP) is 5.53. The number of rotatable bonds is 8. The van der Waals surface area contributed by atoms with Crippen LogP contribution in [-0.2, 0) is 4.79 Å². The van der Waals surface area contributed by atoms with Gasteiger partial charge in [0, 0.05) is 29.3 Å². The maximum Gasteiger partial charge on any atom is 0.243 e. The highest BCUT2D eigenvalue weighted by Crippen LogP contribution is 2.46. The maximum atomic E-state index is 13.3. The van der Waals surface area contributed by atoms with Crippen LogP contribution in [0.5, 0.6) is 11.6 Å². The first-order valence-electron chi connectivity index (χ1n) is 11.7. The Labute approximate surface area is 218 Å². The van der Waals surface area contributed by atoms with E-state index in [1.54, 1.807) is 60.7 Å². The number of anilines is 1. The number of aliphatic hydroxyl groups excluding tert-OH is 1. The average molecular weight is 517 g/mol. The van der Waals surface area contributed by atoms with E-state index in [9.17, 15) is 19.4 Å². The Morgan fingerprint density at radius 3 is 2.27 bits per heavy atom. The molecule has 0 saturated carbocycles. The van der Waals surface area contributed by atoms with Crippen molar-refractivity contribution in [1.82, 2.24) is 4.98 Å². The summed E-state index contributed by atoms with van der Waals surface area (Å²) in [5.74, 6) is 0.544. The number of thioether (sulfide) groups is 1. The van der Waals surface area contributed by atoms with Crippen molar-refractivity contribution >= 4 is 23.4 Å². The second-order valence-corrected chi connectivity index (χ2v) is 9.88. The van der Waals surface area contributed by atoms with Crippen molar-refractivity contribution in [3.05, 3.63) is 108 Å². The van der Waals surface area contributed by atoms with Crippen LogP contribution in [0.3, 0.4) is 0 Å². The summed E-state index contributed by atoms with van der Waals surface area (Å²) in [5, 5.41) is 20.0. The molecule has 0 radical (unpaired) electrons. The number of aromatic hydroxyl groups is 1. The van der Waals surface area contributed by atoms with Crippen LogP contribution in [0.15, 0.2) is 91.1 Å². The smallest absolute Gasteiger partial charge is 0.243 e. The highest BCUT2D eigenvalue weighted by molar-refractivity contribution is 8.00. The third-order valence-corrected chi connectivity index (χ3v) is 7.72. The van der Waals surface area contributed by atoms with Gasteiger partial charge in [0.15, 0.2) is 0 Å². The van der Waals surface area contributed by atoms with Gasteiger partial charge >= 0.3 is 0 Å². The molecule has 1 aliphatic rings. The van der Waals surface area contributed by atoms with E-state index < -0.39 is 11.4 Å². The second-order valence-electron chi connectivity index (χ2n) is 8.70. The molecule has 8 heteroatoms. The summed E-state index contributed by atoms with van der Waals surface area (Å²) < 4.78 is 18.4. The van der Waals surface area contributed by atoms with E-state index in [1.807, 2.05) is 30.3 Å². The number of phenols is 1. The van der Waals surface area contributed by atoms with Crippen LogP contribution in [0, 0.1) is 5.82 Å². The summed E-state index contributed by atoms with van der Waals surface area (Å²) in [4.78, 5) is 19.3. The lowest BCUT2D eigenvalue weighted by molar-refractivity contribution is -0.123. The molecule has 0 bridgehead atoms. The van der Waals surface area contributed by atoms with Gasteiger partial charge in [-0.15, -0.1) is 11.8 Å². The largest absolute Gasteiger partial charge is 0.508 e. The Balaban J connectivity index is 1.36. The van der Waals surface area contributed by atoms with E-state index in [1.165, 1.54) is 23.9 Å². The van der Waals surface area contributed by atoms with Crippen molar-refractivity contribution in [3.63, 3.8) is 0 Å². The van der Waals surface area contributed by atoms with Crippen LogP contribution in [-0.4, -0.2) is 39.2 Å². The summed E-state index contributed by atoms with van der Waals surface area (Å²) >= 11 is 1.37. The molecule has 2 N–H and O–H groups in total. The normalized spacial score (nSPS) is 17.8. The molecule has 37 heavy (non-hydrogen) atoms. The number of amides is 1. The van der Waals surface area contributed by atoms with E-state index >= 15 is 0 Å². The lowest BCUT2D eigenvalue weighted by Gasteiger charge is -2.47. The molecule has 1 aliphatic heterocycles. The maximum absolute atomic E-state index is 13.3. The number of aromatic nitrogens is 1. The Kier molecular flexibility index (Phi) is 7.12. The molecule has 5 rings (SSSR count). The van der Waals surface area contributed by atoms with Crippen LogP contribution in [0.1, 0.15) is 23.3 Å². The van der Waals surface area contributed by atoms with Crippen LogP contribution >= 0.6 is 11.8 Å². The topological polar surface area (TPSA) is 82.9 Å². The molecule has 188 valence electrons. The minimum Gasteiger partial charge on any atom is -0.508 e. The molecule has 3 atom stereocenters. The van der Waals surface area contributed by atoms with Crippen molar-refractivity contribution in [2.75, 3.05) is 17.8 Å². The van der Waals surface area contributed by atoms with Crippen molar-refractivity contribution in [2.24, 2.45) is 0 Å². The SMILES string of the molecule is COc1ccc(-c2ccc(N3C(=O)[C@H](SC[C@@H](O)c4ccc(F)cc4)[C@H]3c3ccc(O)cc3)cc2)cn1. The van der Waals surface area contributed by atoms with Crippen molar-refractivity contribution in [2.45, 2.75) is 17.4 Å². The van der Waals surface area contributed by atoms with Gasteiger partial charge in [-0.3, -0.25) is 4.79 Å². The zero-order chi connectivity index (χ0) is 25.9. The highest BCUT2D eigenvalue weighted by Gasteiger charge is 2.49. The Bertz CT molecular complexity index is 1360. The van der Waals surface area contributed by atoms with Crippen molar-refractivity contribution < 1.29 is 24.1 Å². The number of β-lactam (4-membered cyclic amide) rings is 1. The number of carbonyl (C=O) groups is 1. The summed E-state index contributed by atoms with van der Waals surface area (Å²) in [5.41, 5.74) is 4.13. The first kappa shape index (κ1) is 24.8. The van der Waals surface area contributed by atoms with E-state index in [0.717, 1.165) is 22.4 Å². The monoisotopic (exact) mass is 516 g/mol. The number of methoxy groups -OCH3 is 1.